The van der Waals surface area contributed by atoms with Crippen LogP contribution in [0.25, 0.3) is 0 Å². The number of nitrogens with two attached hydrogens (primary N) is 1. The lowest BCUT2D eigenvalue weighted by molar-refractivity contribution is 0.533. The maximum Gasteiger partial charge on any atom is 0.239 e. The van der Waals surface area contributed by atoms with E-state index in [1.165, 1.54) is 29.2 Å². The van der Waals surface area contributed by atoms with Gasteiger partial charge in [-0.15, -0.1) is 5.10 Å². The molecule has 6 heteroatoms. The predicted molar refractivity (Wildman–Crippen MR) is 49.9 cm³/mol. The third-order valence-corrected chi connectivity index (χ3v) is 1.94. The molecule has 0 fully saturated rings. The fourth-order valence-corrected chi connectivity index (χ4v) is 1.23. The van der Waals surface area contributed by atoms with Crippen LogP contribution in [0.4, 0.5) is 14.7 Å². The monoisotopic (exact) mass is 210 g/mol. The fourth-order valence-electron chi connectivity index (χ4n) is 1.23. The molecule has 0 unspecified atom stereocenters. The van der Waals surface area contributed by atoms with Crippen molar-refractivity contribution in [1.29, 1.82) is 0 Å². The molecule has 0 saturated carbocycles. The summed E-state index contributed by atoms with van der Waals surface area (Å²) in [5, 5.41) is 3.74. The van der Waals surface area contributed by atoms with E-state index < -0.39 is 11.6 Å². The Morgan fingerprint density at radius 3 is 2.47 bits per heavy atom. The molecule has 1 aromatic heterocycles. The van der Waals surface area contributed by atoms with Gasteiger partial charge < -0.3 is 5.73 Å². The number of hydrogen-bond acceptors (Lipinski definition) is 3. The summed E-state index contributed by atoms with van der Waals surface area (Å²) in [6, 6.07) is 3.70. The number of benzene rings is 1. The first-order valence-electron chi connectivity index (χ1n) is 4.24. The lowest BCUT2D eigenvalue weighted by Gasteiger charge is -2.03. The topological polar surface area (TPSA) is 56.7 Å². The third kappa shape index (κ3) is 1.93. The minimum Gasteiger partial charge on any atom is -0.367 e. The van der Waals surface area contributed by atoms with Gasteiger partial charge in [-0.05, 0) is 12.1 Å². The Balaban J connectivity index is 2.31. The van der Waals surface area contributed by atoms with Crippen LogP contribution in [0, 0.1) is 11.6 Å². The summed E-state index contributed by atoms with van der Waals surface area (Å²) in [6.07, 6.45) is 1.32. The smallest absolute Gasteiger partial charge is 0.239 e. The van der Waals surface area contributed by atoms with E-state index in [0.29, 0.717) is 0 Å². The molecule has 0 saturated heterocycles. The van der Waals surface area contributed by atoms with Crippen molar-refractivity contribution in [3.8, 4) is 0 Å². The Morgan fingerprint density at radius 2 is 1.93 bits per heavy atom. The molecule has 78 valence electrons. The zero-order chi connectivity index (χ0) is 10.8. The molecule has 0 amide bonds. The second-order valence-electron chi connectivity index (χ2n) is 3.00. The van der Waals surface area contributed by atoms with Gasteiger partial charge in [0.25, 0.3) is 0 Å². The molecular formula is C9H8F2N4. The quantitative estimate of drug-likeness (QED) is 0.809. The van der Waals surface area contributed by atoms with Gasteiger partial charge in [0.1, 0.15) is 18.0 Å². The van der Waals surface area contributed by atoms with Crippen LogP contribution in [0.5, 0.6) is 0 Å². The Labute approximate surface area is 84.4 Å². The van der Waals surface area contributed by atoms with Gasteiger partial charge in [-0.3, -0.25) is 0 Å². The summed E-state index contributed by atoms with van der Waals surface area (Å²) >= 11 is 0. The third-order valence-electron chi connectivity index (χ3n) is 1.94. The van der Waals surface area contributed by atoms with Crippen molar-refractivity contribution in [2.45, 2.75) is 6.54 Å². The van der Waals surface area contributed by atoms with Gasteiger partial charge in [0.05, 0.1) is 6.54 Å². The Kier molecular flexibility index (Phi) is 2.32. The summed E-state index contributed by atoms with van der Waals surface area (Å²) in [4.78, 5) is 3.66. The van der Waals surface area contributed by atoms with Crippen LogP contribution in [-0.2, 0) is 6.54 Å². The van der Waals surface area contributed by atoms with Crippen LogP contribution in [0.1, 0.15) is 5.56 Å². The van der Waals surface area contributed by atoms with Gasteiger partial charge in [0.2, 0.25) is 5.95 Å². The lowest BCUT2D eigenvalue weighted by atomic mass is 10.2. The van der Waals surface area contributed by atoms with Crippen molar-refractivity contribution in [2.75, 3.05) is 5.73 Å². The zero-order valence-corrected chi connectivity index (χ0v) is 7.69. The van der Waals surface area contributed by atoms with Gasteiger partial charge in [-0.25, -0.2) is 18.4 Å². The Hall–Kier alpha value is -1.98. The van der Waals surface area contributed by atoms with Crippen molar-refractivity contribution in [3.63, 3.8) is 0 Å². The van der Waals surface area contributed by atoms with Crippen LogP contribution in [0.15, 0.2) is 24.5 Å². The molecule has 2 aromatic rings. The van der Waals surface area contributed by atoms with E-state index in [9.17, 15) is 8.78 Å². The van der Waals surface area contributed by atoms with Crippen molar-refractivity contribution in [2.24, 2.45) is 0 Å². The highest BCUT2D eigenvalue weighted by atomic mass is 19.1. The van der Waals surface area contributed by atoms with Crippen molar-refractivity contribution < 1.29 is 8.78 Å². The number of hydrogen-bond donors (Lipinski definition) is 1. The number of halogens is 2. The molecule has 2 rings (SSSR count). The second-order valence-corrected chi connectivity index (χ2v) is 3.00. The first kappa shape index (κ1) is 9.57. The van der Waals surface area contributed by atoms with Gasteiger partial charge >= 0.3 is 0 Å². The van der Waals surface area contributed by atoms with E-state index in [2.05, 4.69) is 10.1 Å². The molecule has 0 aliphatic rings. The first-order chi connectivity index (χ1) is 7.16. The highest BCUT2D eigenvalue weighted by Crippen LogP contribution is 2.13. The van der Waals surface area contributed by atoms with Crippen LogP contribution in [0.3, 0.4) is 0 Å². The van der Waals surface area contributed by atoms with Crippen LogP contribution >= 0.6 is 0 Å². The van der Waals surface area contributed by atoms with Gasteiger partial charge in [0, 0.05) is 5.56 Å². The molecule has 4 nitrogen and oxygen atoms in total. The normalized spacial score (nSPS) is 10.5. The zero-order valence-electron chi connectivity index (χ0n) is 7.69. The van der Waals surface area contributed by atoms with E-state index in [1.54, 1.807) is 0 Å². The summed E-state index contributed by atoms with van der Waals surface area (Å²) in [6.45, 7) is -0.0251. The van der Waals surface area contributed by atoms with Crippen LogP contribution < -0.4 is 5.73 Å². The van der Waals surface area contributed by atoms with Crippen molar-refractivity contribution in [1.82, 2.24) is 14.8 Å². The maximum atomic E-state index is 13.2. The number of anilines is 1. The molecule has 0 radical (unpaired) electrons. The standard InChI is InChI=1S/C9H8F2N4/c10-7-2-1-3-8(11)6(7)4-15-5-13-9(12)14-15/h1-3,5H,4H2,(H2,12,14). The number of nitrogens with zero attached hydrogens (tertiary/aromatic N) is 3. The molecular weight excluding hydrogens is 202 g/mol. The molecule has 1 aromatic carbocycles. The van der Waals surface area contributed by atoms with Gasteiger partial charge in [0.15, 0.2) is 0 Å². The van der Waals surface area contributed by atoms with E-state index in [1.807, 2.05) is 0 Å². The van der Waals surface area contributed by atoms with E-state index in [4.69, 9.17) is 5.73 Å². The summed E-state index contributed by atoms with van der Waals surface area (Å²) in [7, 11) is 0. The Bertz CT molecular complexity index is 460. The maximum absolute atomic E-state index is 13.2. The average molecular weight is 210 g/mol. The highest BCUT2D eigenvalue weighted by Gasteiger charge is 2.09. The van der Waals surface area contributed by atoms with Crippen molar-refractivity contribution >= 4 is 5.95 Å². The minimum absolute atomic E-state index is 0.0251. The van der Waals surface area contributed by atoms with E-state index in [-0.39, 0.29) is 18.1 Å². The molecule has 0 atom stereocenters. The lowest BCUT2D eigenvalue weighted by Crippen LogP contribution is -2.05. The van der Waals surface area contributed by atoms with Gasteiger partial charge in [-0.1, -0.05) is 6.07 Å². The van der Waals surface area contributed by atoms with Crippen LogP contribution in [0.2, 0.25) is 0 Å². The van der Waals surface area contributed by atoms with E-state index >= 15 is 0 Å². The van der Waals surface area contributed by atoms with Gasteiger partial charge in [-0.2, -0.15) is 0 Å². The summed E-state index contributed by atoms with van der Waals surface area (Å²) < 4.78 is 27.7. The predicted octanol–water partition coefficient (Wildman–Crippen LogP) is 1.19. The second kappa shape index (κ2) is 3.64. The Morgan fingerprint density at radius 1 is 1.27 bits per heavy atom. The molecule has 1 heterocycles. The fraction of sp³-hybridized carbons (Fsp3) is 0.111. The minimum atomic E-state index is -0.607. The molecule has 0 aliphatic heterocycles. The summed E-state index contributed by atoms with van der Waals surface area (Å²) in [5.41, 5.74) is 5.22. The molecule has 2 N–H and O–H groups in total. The van der Waals surface area contributed by atoms with Crippen molar-refractivity contribution in [3.05, 3.63) is 41.7 Å². The number of nitrogen functional groups attached to an aromatic ring is 1. The highest BCUT2D eigenvalue weighted by molar-refractivity contribution is 5.20. The number of aromatic nitrogens is 3. The van der Waals surface area contributed by atoms with Crippen LogP contribution in [-0.4, -0.2) is 14.8 Å². The molecule has 0 aliphatic carbocycles. The first-order valence-corrected chi connectivity index (χ1v) is 4.24. The molecule has 0 bridgehead atoms. The molecule has 0 spiro atoms. The number of rotatable bonds is 2. The molecule has 15 heavy (non-hydrogen) atoms. The average Bonchev–Trinajstić information content (AvgIpc) is 2.58. The summed E-state index contributed by atoms with van der Waals surface area (Å²) in [5.74, 6) is -1.14. The SMILES string of the molecule is Nc1ncn(Cc2c(F)cccc2F)n1. The van der Waals surface area contributed by atoms with E-state index in [0.717, 1.165) is 0 Å². The largest absolute Gasteiger partial charge is 0.367 e.